The summed E-state index contributed by atoms with van der Waals surface area (Å²) in [6.45, 7) is 1.25. The topological polar surface area (TPSA) is 47.0 Å². The van der Waals surface area contributed by atoms with E-state index in [0.29, 0.717) is 13.2 Å². The predicted molar refractivity (Wildman–Crippen MR) is 118 cm³/mol. The third-order valence-electron chi connectivity index (χ3n) is 3.15. The molecule has 0 fully saturated rings. The average Bonchev–Trinajstić information content (AvgIpc) is 2.53. The Balaban J connectivity index is 1.64. The Morgan fingerprint density at radius 1 is 1.00 bits per heavy atom. The van der Waals surface area contributed by atoms with Crippen LogP contribution in [0.25, 0.3) is 10.9 Å². The van der Waals surface area contributed by atoms with Gasteiger partial charge < -0.3 is 10.1 Å². The number of aromatic nitrogens is 2. The Morgan fingerprint density at radius 2 is 1.74 bits per heavy atom. The van der Waals surface area contributed by atoms with Crippen LogP contribution in [0.15, 0.2) is 42.7 Å². The van der Waals surface area contributed by atoms with Crippen LogP contribution in [-0.2, 0) is 0 Å². The molecule has 1 aromatic heterocycles. The summed E-state index contributed by atoms with van der Waals surface area (Å²) in [4.78, 5) is 8.58. The van der Waals surface area contributed by atoms with Crippen molar-refractivity contribution in [3.63, 3.8) is 0 Å². The van der Waals surface area contributed by atoms with Crippen LogP contribution in [0.4, 0.5) is 5.82 Å². The zero-order chi connectivity index (χ0) is 16.2. The summed E-state index contributed by atoms with van der Waals surface area (Å²) in [7, 11) is 0. The number of hydrogen-bond donors (Lipinski definition) is 1. The molecule has 1 N–H and O–H groups in total. The van der Waals surface area contributed by atoms with Crippen molar-refractivity contribution < 1.29 is 4.74 Å². The maximum atomic E-state index is 5.93. The average molecular weight is 643 g/mol. The number of rotatable bonds is 5. The molecular formula is C16H12I3N3O. The van der Waals surface area contributed by atoms with Crippen LogP contribution in [0.5, 0.6) is 5.75 Å². The fourth-order valence-corrected chi connectivity index (χ4v) is 6.03. The van der Waals surface area contributed by atoms with Crippen molar-refractivity contribution in [2.45, 2.75) is 0 Å². The normalized spacial score (nSPS) is 10.7. The number of ether oxygens (including phenoxy) is 1. The molecule has 3 aromatic rings. The van der Waals surface area contributed by atoms with Crippen LogP contribution in [0.2, 0.25) is 0 Å². The number of anilines is 1. The second-order valence-corrected chi connectivity index (χ2v) is 8.28. The van der Waals surface area contributed by atoms with E-state index < -0.39 is 0 Å². The molecule has 3 rings (SSSR count). The van der Waals surface area contributed by atoms with Gasteiger partial charge in [-0.25, -0.2) is 9.97 Å². The van der Waals surface area contributed by atoms with Crippen molar-refractivity contribution in [2.75, 3.05) is 18.5 Å². The zero-order valence-corrected chi connectivity index (χ0v) is 18.4. The van der Waals surface area contributed by atoms with E-state index in [1.807, 2.05) is 24.3 Å². The van der Waals surface area contributed by atoms with Gasteiger partial charge in [0, 0.05) is 8.96 Å². The lowest BCUT2D eigenvalue weighted by Gasteiger charge is -2.12. The Bertz CT molecular complexity index is 813. The summed E-state index contributed by atoms with van der Waals surface area (Å²) in [5.41, 5.74) is 0.938. The Kier molecular flexibility index (Phi) is 6.13. The molecule has 4 nitrogen and oxygen atoms in total. The number of halogens is 3. The van der Waals surface area contributed by atoms with E-state index in [2.05, 4.69) is 95.2 Å². The van der Waals surface area contributed by atoms with Gasteiger partial charge in [-0.1, -0.05) is 12.1 Å². The van der Waals surface area contributed by atoms with E-state index in [4.69, 9.17) is 4.74 Å². The monoisotopic (exact) mass is 643 g/mol. The number of nitrogens with zero attached hydrogens (tertiary/aromatic N) is 2. The summed E-state index contributed by atoms with van der Waals surface area (Å²) in [5, 5.41) is 4.35. The highest BCUT2D eigenvalue weighted by Crippen LogP contribution is 2.29. The molecule has 0 saturated heterocycles. The van der Waals surface area contributed by atoms with Crippen molar-refractivity contribution in [1.29, 1.82) is 0 Å². The van der Waals surface area contributed by atoms with E-state index in [-0.39, 0.29) is 0 Å². The standard InChI is InChI=1S/C16H12I3N3O/c17-10-7-12(18)15(13(19)8-10)23-6-5-20-16-11-3-1-2-4-14(11)21-9-22-16/h1-4,7-9H,5-6H2,(H,20,21,22). The van der Waals surface area contributed by atoms with Gasteiger partial charge in [-0.3, -0.25) is 0 Å². The fourth-order valence-electron chi connectivity index (χ4n) is 2.14. The molecule has 0 atom stereocenters. The number of benzene rings is 2. The summed E-state index contributed by atoms with van der Waals surface area (Å²) < 4.78 is 9.41. The first-order chi connectivity index (χ1) is 11.1. The highest BCUT2D eigenvalue weighted by atomic mass is 127. The molecule has 23 heavy (non-hydrogen) atoms. The predicted octanol–water partition coefficient (Wildman–Crippen LogP) is 4.93. The van der Waals surface area contributed by atoms with Crippen molar-refractivity contribution in [2.24, 2.45) is 0 Å². The lowest BCUT2D eigenvalue weighted by atomic mass is 10.2. The third-order valence-corrected chi connectivity index (χ3v) is 5.37. The van der Waals surface area contributed by atoms with Crippen LogP contribution in [0.1, 0.15) is 0 Å². The van der Waals surface area contributed by atoms with E-state index in [9.17, 15) is 0 Å². The van der Waals surface area contributed by atoms with E-state index in [0.717, 1.165) is 29.6 Å². The quantitative estimate of drug-likeness (QED) is 0.317. The summed E-state index contributed by atoms with van der Waals surface area (Å²) in [6.07, 6.45) is 1.58. The van der Waals surface area contributed by atoms with Crippen LogP contribution in [0.3, 0.4) is 0 Å². The first kappa shape index (κ1) is 17.4. The van der Waals surface area contributed by atoms with Crippen LogP contribution < -0.4 is 10.1 Å². The third kappa shape index (κ3) is 4.35. The van der Waals surface area contributed by atoms with Gasteiger partial charge in [0.25, 0.3) is 0 Å². The molecule has 0 radical (unpaired) electrons. The molecule has 0 aliphatic carbocycles. The van der Waals surface area contributed by atoms with Crippen molar-refractivity contribution in [1.82, 2.24) is 9.97 Å². The molecule has 7 heteroatoms. The lowest BCUT2D eigenvalue weighted by molar-refractivity contribution is 0.328. The van der Waals surface area contributed by atoms with Gasteiger partial charge in [0.15, 0.2) is 0 Å². The first-order valence-electron chi connectivity index (χ1n) is 6.86. The molecule has 0 aliphatic rings. The molecule has 118 valence electrons. The molecule has 0 saturated carbocycles. The maximum absolute atomic E-state index is 5.93. The highest BCUT2D eigenvalue weighted by molar-refractivity contribution is 14.1. The molecule has 1 heterocycles. The largest absolute Gasteiger partial charge is 0.490 e. The second kappa shape index (κ2) is 8.10. The second-order valence-electron chi connectivity index (χ2n) is 4.71. The number of hydrogen-bond acceptors (Lipinski definition) is 4. The molecule has 0 unspecified atom stereocenters. The van der Waals surface area contributed by atoms with Crippen molar-refractivity contribution >= 4 is 84.5 Å². The Labute approximate surface area is 175 Å². The number of fused-ring (bicyclic) bond motifs is 1. The van der Waals surface area contributed by atoms with Gasteiger partial charge in [-0.2, -0.15) is 0 Å². The van der Waals surface area contributed by atoms with Crippen LogP contribution in [-0.4, -0.2) is 23.1 Å². The van der Waals surface area contributed by atoms with Crippen LogP contribution in [0, 0.1) is 10.7 Å². The van der Waals surface area contributed by atoms with Gasteiger partial charge in [-0.15, -0.1) is 0 Å². The minimum atomic E-state index is 0.574. The van der Waals surface area contributed by atoms with E-state index in [1.165, 1.54) is 3.57 Å². The lowest BCUT2D eigenvalue weighted by Crippen LogP contribution is -2.13. The van der Waals surface area contributed by atoms with E-state index in [1.54, 1.807) is 6.33 Å². The van der Waals surface area contributed by atoms with Crippen molar-refractivity contribution in [3.8, 4) is 5.75 Å². The van der Waals surface area contributed by atoms with Gasteiger partial charge in [0.2, 0.25) is 0 Å². The summed E-state index contributed by atoms with van der Waals surface area (Å²) in [6, 6.07) is 12.2. The van der Waals surface area contributed by atoms with Gasteiger partial charge in [-0.05, 0) is 92.0 Å². The molecule has 0 amide bonds. The smallest absolute Gasteiger partial charge is 0.146 e. The molecule has 0 spiro atoms. The molecule has 0 aliphatic heterocycles. The highest BCUT2D eigenvalue weighted by Gasteiger charge is 2.08. The minimum absolute atomic E-state index is 0.574. The van der Waals surface area contributed by atoms with Gasteiger partial charge in [0.05, 0.1) is 19.2 Å². The number of para-hydroxylation sites is 1. The molecular weight excluding hydrogens is 631 g/mol. The van der Waals surface area contributed by atoms with E-state index >= 15 is 0 Å². The Hall–Kier alpha value is -0.430. The van der Waals surface area contributed by atoms with Crippen LogP contribution >= 0.6 is 67.8 Å². The first-order valence-corrected chi connectivity index (χ1v) is 10.1. The van der Waals surface area contributed by atoms with Gasteiger partial charge in [0.1, 0.15) is 24.5 Å². The summed E-state index contributed by atoms with van der Waals surface area (Å²) in [5.74, 6) is 1.78. The summed E-state index contributed by atoms with van der Waals surface area (Å²) >= 11 is 6.94. The minimum Gasteiger partial charge on any atom is -0.490 e. The molecule has 2 aromatic carbocycles. The van der Waals surface area contributed by atoms with Gasteiger partial charge >= 0.3 is 0 Å². The Morgan fingerprint density at radius 3 is 2.52 bits per heavy atom. The fraction of sp³-hybridized carbons (Fsp3) is 0.125. The SMILES string of the molecule is Ic1cc(I)c(OCCNc2ncnc3ccccc23)c(I)c1. The van der Waals surface area contributed by atoms with Crippen molar-refractivity contribution in [3.05, 3.63) is 53.4 Å². The number of nitrogens with one attached hydrogen (secondary N) is 1. The zero-order valence-electron chi connectivity index (χ0n) is 11.9. The maximum Gasteiger partial charge on any atom is 0.146 e. The molecule has 0 bridgehead atoms.